The van der Waals surface area contributed by atoms with E-state index in [0.29, 0.717) is 19.5 Å². The molecule has 1 amide bonds. The average Bonchev–Trinajstić information content (AvgIpc) is 2.73. The molecule has 0 aliphatic carbocycles. The second-order valence-electron chi connectivity index (χ2n) is 4.47. The zero-order chi connectivity index (χ0) is 12.3. The van der Waals surface area contributed by atoms with Crippen LogP contribution in [0.2, 0.25) is 0 Å². The third-order valence-corrected chi connectivity index (χ3v) is 3.26. The summed E-state index contributed by atoms with van der Waals surface area (Å²) in [5.41, 5.74) is 6.84. The maximum Gasteiger partial charge on any atom is 0.222 e. The van der Waals surface area contributed by atoms with Crippen LogP contribution in [0.3, 0.4) is 0 Å². The van der Waals surface area contributed by atoms with Gasteiger partial charge >= 0.3 is 0 Å². The minimum atomic E-state index is 0.151. The Kier molecular flexibility index (Phi) is 3.64. The highest BCUT2D eigenvalue weighted by Gasteiger charge is 2.23. The number of carbonyl (C=O) groups excluding carboxylic acids is 1. The second kappa shape index (κ2) is 5.19. The molecule has 1 atom stereocenters. The second-order valence-corrected chi connectivity index (χ2v) is 4.47. The van der Waals surface area contributed by atoms with Crippen molar-refractivity contribution in [2.24, 2.45) is 5.73 Å². The third-order valence-electron chi connectivity index (χ3n) is 3.26. The largest absolute Gasteiger partial charge is 0.508 e. The van der Waals surface area contributed by atoms with Crippen LogP contribution in [-0.2, 0) is 4.79 Å². The molecule has 1 heterocycles. The Labute approximate surface area is 101 Å². The smallest absolute Gasteiger partial charge is 0.222 e. The molecule has 0 aromatic heterocycles. The van der Waals surface area contributed by atoms with Gasteiger partial charge in [-0.3, -0.25) is 4.79 Å². The Balaban J connectivity index is 2.05. The van der Waals surface area contributed by atoms with Gasteiger partial charge in [0.2, 0.25) is 5.91 Å². The summed E-state index contributed by atoms with van der Waals surface area (Å²) in [6.07, 6.45) is 1.61. The van der Waals surface area contributed by atoms with Crippen LogP contribution >= 0.6 is 0 Å². The third kappa shape index (κ3) is 2.77. The Morgan fingerprint density at radius 2 is 2.06 bits per heavy atom. The molecular weight excluding hydrogens is 216 g/mol. The lowest BCUT2D eigenvalue weighted by molar-refractivity contribution is -0.127. The fourth-order valence-corrected chi connectivity index (χ4v) is 2.23. The number of carbonyl (C=O) groups is 1. The van der Waals surface area contributed by atoms with E-state index in [1.165, 1.54) is 0 Å². The van der Waals surface area contributed by atoms with Gasteiger partial charge in [-0.05, 0) is 24.1 Å². The van der Waals surface area contributed by atoms with Gasteiger partial charge in [0.15, 0.2) is 0 Å². The lowest BCUT2D eigenvalue weighted by Gasteiger charge is -2.23. The van der Waals surface area contributed by atoms with Gasteiger partial charge in [0.1, 0.15) is 5.75 Å². The summed E-state index contributed by atoms with van der Waals surface area (Å²) in [5, 5.41) is 9.24. The Bertz CT molecular complexity index is 389. The predicted molar refractivity (Wildman–Crippen MR) is 65.7 cm³/mol. The Morgan fingerprint density at radius 1 is 1.35 bits per heavy atom. The van der Waals surface area contributed by atoms with Crippen molar-refractivity contribution in [2.75, 3.05) is 19.6 Å². The molecule has 1 unspecified atom stereocenters. The van der Waals surface area contributed by atoms with Crippen molar-refractivity contribution in [3.8, 4) is 5.75 Å². The molecule has 1 aromatic rings. The normalized spacial score (nSPS) is 17.5. The number of aromatic hydroxyl groups is 1. The van der Waals surface area contributed by atoms with E-state index in [1.54, 1.807) is 12.1 Å². The number of phenolic OH excluding ortho intramolecular Hbond substituents is 1. The highest BCUT2D eigenvalue weighted by Crippen LogP contribution is 2.21. The van der Waals surface area contributed by atoms with Crippen molar-refractivity contribution >= 4 is 5.91 Å². The van der Waals surface area contributed by atoms with Crippen LogP contribution in [0.1, 0.15) is 24.3 Å². The summed E-state index contributed by atoms with van der Waals surface area (Å²) in [5.74, 6) is 0.627. The molecule has 0 radical (unpaired) electrons. The quantitative estimate of drug-likeness (QED) is 0.818. The van der Waals surface area contributed by atoms with Crippen molar-refractivity contribution < 1.29 is 9.90 Å². The maximum atomic E-state index is 11.6. The van der Waals surface area contributed by atoms with Gasteiger partial charge in [0, 0.05) is 32.0 Å². The minimum Gasteiger partial charge on any atom is -0.508 e. The van der Waals surface area contributed by atoms with Crippen molar-refractivity contribution in [1.29, 1.82) is 0 Å². The highest BCUT2D eigenvalue weighted by atomic mass is 16.3. The van der Waals surface area contributed by atoms with E-state index in [2.05, 4.69) is 0 Å². The van der Waals surface area contributed by atoms with Crippen molar-refractivity contribution in [1.82, 2.24) is 4.90 Å². The standard InChI is InChI=1S/C13H18N2O2/c14-8-11(9-15-7-1-2-13(15)17)10-3-5-12(16)6-4-10/h3-6,11,16H,1-2,7-9,14H2. The number of hydrogen-bond acceptors (Lipinski definition) is 3. The van der Waals surface area contributed by atoms with Crippen molar-refractivity contribution in [2.45, 2.75) is 18.8 Å². The number of benzene rings is 1. The zero-order valence-corrected chi connectivity index (χ0v) is 9.80. The number of nitrogens with zero attached hydrogens (tertiary/aromatic N) is 1. The van der Waals surface area contributed by atoms with Crippen LogP contribution in [-0.4, -0.2) is 35.5 Å². The monoisotopic (exact) mass is 234 g/mol. The summed E-state index contributed by atoms with van der Waals surface area (Å²) in [6.45, 7) is 2.03. The van der Waals surface area contributed by atoms with E-state index in [-0.39, 0.29) is 17.6 Å². The molecule has 1 fully saturated rings. The van der Waals surface area contributed by atoms with Gasteiger partial charge in [-0.15, -0.1) is 0 Å². The molecule has 0 saturated carbocycles. The molecule has 4 heteroatoms. The van der Waals surface area contributed by atoms with Crippen LogP contribution in [0.25, 0.3) is 0 Å². The molecule has 4 nitrogen and oxygen atoms in total. The summed E-state index contributed by atoms with van der Waals surface area (Å²) < 4.78 is 0. The summed E-state index contributed by atoms with van der Waals surface area (Å²) in [7, 11) is 0. The molecule has 2 rings (SSSR count). The first-order valence-corrected chi connectivity index (χ1v) is 5.97. The number of likely N-dealkylation sites (tertiary alicyclic amines) is 1. The Morgan fingerprint density at radius 3 is 2.59 bits per heavy atom. The van der Waals surface area contributed by atoms with E-state index >= 15 is 0 Å². The van der Waals surface area contributed by atoms with Crippen LogP contribution in [0.5, 0.6) is 5.75 Å². The zero-order valence-electron chi connectivity index (χ0n) is 9.80. The topological polar surface area (TPSA) is 66.6 Å². The first-order chi connectivity index (χ1) is 8.20. The van der Waals surface area contributed by atoms with Crippen LogP contribution < -0.4 is 5.73 Å². The molecule has 0 bridgehead atoms. The molecule has 17 heavy (non-hydrogen) atoms. The fourth-order valence-electron chi connectivity index (χ4n) is 2.23. The van der Waals surface area contributed by atoms with E-state index in [1.807, 2.05) is 17.0 Å². The summed E-state index contributed by atoms with van der Waals surface area (Å²) >= 11 is 0. The first-order valence-electron chi connectivity index (χ1n) is 5.97. The molecule has 1 saturated heterocycles. The van der Waals surface area contributed by atoms with E-state index < -0.39 is 0 Å². The minimum absolute atomic E-state index is 0.151. The average molecular weight is 234 g/mol. The SMILES string of the molecule is NCC(CN1CCCC1=O)c1ccc(O)cc1. The first kappa shape index (κ1) is 11.9. The van der Waals surface area contributed by atoms with Gasteiger partial charge in [-0.1, -0.05) is 12.1 Å². The molecule has 1 aliphatic rings. The number of phenols is 1. The van der Waals surface area contributed by atoms with Gasteiger partial charge in [-0.2, -0.15) is 0 Å². The molecule has 92 valence electrons. The fraction of sp³-hybridized carbons (Fsp3) is 0.462. The van der Waals surface area contributed by atoms with Crippen LogP contribution in [0, 0.1) is 0 Å². The number of hydrogen-bond donors (Lipinski definition) is 2. The maximum absolute atomic E-state index is 11.6. The molecule has 0 spiro atoms. The Hall–Kier alpha value is -1.55. The van der Waals surface area contributed by atoms with E-state index in [4.69, 9.17) is 5.73 Å². The lowest BCUT2D eigenvalue weighted by atomic mass is 9.98. The lowest BCUT2D eigenvalue weighted by Crippen LogP contribution is -2.32. The van der Waals surface area contributed by atoms with E-state index in [0.717, 1.165) is 18.5 Å². The highest BCUT2D eigenvalue weighted by molar-refractivity contribution is 5.78. The van der Waals surface area contributed by atoms with Gasteiger partial charge in [0.05, 0.1) is 0 Å². The predicted octanol–water partition coefficient (Wildman–Crippen LogP) is 1.06. The molecular formula is C13H18N2O2. The van der Waals surface area contributed by atoms with Crippen LogP contribution in [0.15, 0.2) is 24.3 Å². The van der Waals surface area contributed by atoms with Gasteiger partial charge < -0.3 is 15.7 Å². The van der Waals surface area contributed by atoms with Crippen LogP contribution in [0.4, 0.5) is 0 Å². The number of amides is 1. The van der Waals surface area contributed by atoms with E-state index in [9.17, 15) is 9.90 Å². The molecule has 1 aliphatic heterocycles. The summed E-state index contributed by atoms with van der Waals surface area (Å²) in [6, 6.07) is 7.05. The van der Waals surface area contributed by atoms with Crippen molar-refractivity contribution in [3.05, 3.63) is 29.8 Å². The summed E-state index contributed by atoms with van der Waals surface area (Å²) in [4.78, 5) is 13.4. The molecule has 1 aromatic carbocycles. The van der Waals surface area contributed by atoms with Crippen molar-refractivity contribution in [3.63, 3.8) is 0 Å². The van der Waals surface area contributed by atoms with Gasteiger partial charge in [0.25, 0.3) is 0 Å². The number of nitrogens with two attached hydrogens (primary N) is 1. The molecule has 3 N–H and O–H groups in total. The number of rotatable bonds is 4. The van der Waals surface area contributed by atoms with Gasteiger partial charge in [-0.25, -0.2) is 0 Å².